The molecule has 140 valence electrons. The minimum Gasteiger partial charge on any atom is -1.00 e. The van der Waals surface area contributed by atoms with E-state index in [1.807, 2.05) is 0 Å². The first-order valence-corrected chi connectivity index (χ1v) is 8.93. The van der Waals surface area contributed by atoms with E-state index in [9.17, 15) is 0 Å². The van der Waals surface area contributed by atoms with E-state index in [0.717, 1.165) is 0 Å². The van der Waals surface area contributed by atoms with E-state index in [2.05, 4.69) is 67.5 Å². The monoisotopic (exact) mass is 458 g/mol. The molecule has 0 N–H and O–H groups in total. The van der Waals surface area contributed by atoms with Crippen molar-refractivity contribution >= 4 is 0 Å². The molecule has 25 heavy (non-hydrogen) atoms. The summed E-state index contributed by atoms with van der Waals surface area (Å²) in [5.74, 6) is 1.13. The summed E-state index contributed by atoms with van der Waals surface area (Å²) < 4.78 is 0. The van der Waals surface area contributed by atoms with Crippen molar-refractivity contribution < 1.29 is 51.0 Å². The molecule has 3 heteroatoms. The molecule has 2 unspecified atom stereocenters. The third kappa shape index (κ3) is 8.32. The summed E-state index contributed by atoms with van der Waals surface area (Å²) in [4.78, 5) is 0. The van der Waals surface area contributed by atoms with Crippen molar-refractivity contribution in [1.82, 2.24) is 0 Å². The molecule has 0 heterocycles. The molecule has 0 radical (unpaired) electrons. The summed E-state index contributed by atoms with van der Waals surface area (Å²) in [7, 11) is 0. The Labute approximate surface area is 188 Å². The average molecular weight is 461 g/mol. The van der Waals surface area contributed by atoms with Crippen LogP contribution in [-0.4, -0.2) is 0 Å². The van der Waals surface area contributed by atoms with Crippen LogP contribution in [-0.2, 0) is 26.2 Å². The molecule has 0 aromatic carbocycles. The largest absolute Gasteiger partial charge is 4.00 e. The van der Waals surface area contributed by atoms with Gasteiger partial charge in [0, 0.05) is 0 Å². The van der Waals surface area contributed by atoms with E-state index >= 15 is 0 Å². The summed E-state index contributed by atoms with van der Waals surface area (Å²) in [6.45, 7) is 17.8. The van der Waals surface area contributed by atoms with Crippen LogP contribution in [0.1, 0.15) is 81.1 Å². The number of halogens is 2. The van der Waals surface area contributed by atoms with Crippen LogP contribution in [0.3, 0.4) is 0 Å². The zero-order chi connectivity index (χ0) is 16.9. The van der Waals surface area contributed by atoms with Gasteiger partial charge in [-0.05, 0) is 0 Å². The van der Waals surface area contributed by atoms with Gasteiger partial charge in [0.2, 0.25) is 0 Å². The zero-order valence-electron chi connectivity index (χ0n) is 17.2. The van der Waals surface area contributed by atoms with Gasteiger partial charge in [-0.2, -0.15) is 22.3 Å². The van der Waals surface area contributed by atoms with Crippen LogP contribution in [0, 0.1) is 24.0 Å². The van der Waals surface area contributed by atoms with Gasteiger partial charge in [0.1, 0.15) is 0 Å². The molecule has 0 amide bonds. The fourth-order valence-electron chi connectivity index (χ4n) is 3.10. The van der Waals surface area contributed by atoms with Gasteiger partial charge in [-0.3, -0.25) is 12.2 Å². The second-order valence-electron chi connectivity index (χ2n) is 6.81. The van der Waals surface area contributed by atoms with Gasteiger partial charge in [-0.1, -0.05) is 79.1 Å². The molecule has 0 nitrogen and oxygen atoms in total. The Morgan fingerprint density at radius 3 is 1.12 bits per heavy atom. The maximum Gasteiger partial charge on any atom is 4.00 e. The second-order valence-corrected chi connectivity index (χ2v) is 6.81. The first-order chi connectivity index (χ1) is 10.3. The van der Waals surface area contributed by atoms with Gasteiger partial charge in [0.25, 0.3) is 0 Å². The van der Waals surface area contributed by atoms with E-state index in [0.29, 0.717) is 11.8 Å². The SMILES string of the molecule is CCCC1=[C-]C(C)C(C)=C1C.CCCC1=[C-]C(C)C(C)=C1C.[Cl-].[Cl-].[Zr+4]. The van der Waals surface area contributed by atoms with E-state index in [4.69, 9.17) is 0 Å². The van der Waals surface area contributed by atoms with Crippen LogP contribution in [0.5, 0.6) is 0 Å². The van der Waals surface area contributed by atoms with Crippen LogP contribution in [0.2, 0.25) is 0 Å². The van der Waals surface area contributed by atoms with Crippen molar-refractivity contribution in [3.63, 3.8) is 0 Å². The summed E-state index contributed by atoms with van der Waals surface area (Å²) in [6.07, 6.45) is 11.9. The maximum absolute atomic E-state index is 3.50. The fourth-order valence-corrected chi connectivity index (χ4v) is 3.10. The minimum atomic E-state index is 0. The topological polar surface area (TPSA) is 0 Å². The Bertz CT molecular complexity index is 476. The second kappa shape index (κ2) is 14.5. The van der Waals surface area contributed by atoms with E-state index in [1.54, 1.807) is 0 Å². The standard InChI is InChI=1S/2C11H17.2ClH.Zr/c2*1-5-6-11-7-8(2)9(3)10(11)4;;;/h2*8H,5-6H2,1-4H3;2*1H;/q2*-1;;;+4/p-2. The Kier molecular flexibility index (Phi) is 17.5. The summed E-state index contributed by atoms with van der Waals surface area (Å²) in [5.41, 5.74) is 8.90. The quantitative estimate of drug-likeness (QED) is 0.550. The first kappa shape index (κ1) is 30.2. The number of hydrogen-bond donors (Lipinski definition) is 0. The molecule has 0 saturated carbocycles. The van der Waals surface area contributed by atoms with Crippen LogP contribution in [0.15, 0.2) is 33.4 Å². The molecule has 0 bridgehead atoms. The van der Waals surface area contributed by atoms with E-state index in [1.165, 1.54) is 59.1 Å². The molecule has 0 aliphatic heterocycles. The van der Waals surface area contributed by atoms with Crippen molar-refractivity contribution in [1.29, 1.82) is 0 Å². The smallest absolute Gasteiger partial charge is 1.00 e. The maximum atomic E-state index is 3.50. The predicted molar refractivity (Wildman–Crippen MR) is 98.4 cm³/mol. The first-order valence-electron chi connectivity index (χ1n) is 8.93. The molecule has 0 aromatic heterocycles. The van der Waals surface area contributed by atoms with Crippen molar-refractivity contribution in [2.24, 2.45) is 11.8 Å². The molecular formula is C22H34Cl2Zr. The molecule has 2 aliphatic rings. The van der Waals surface area contributed by atoms with Crippen molar-refractivity contribution in [3.8, 4) is 0 Å². The van der Waals surface area contributed by atoms with Gasteiger partial charge < -0.3 is 24.8 Å². The summed E-state index contributed by atoms with van der Waals surface area (Å²) >= 11 is 0. The summed E-state index contributed by atoms with van der Waals surface area (Å²) in [6, 6.07) is 0. The van der Waals surface area contributed by atoms with Crippen LogP contribution < -0.4 is 24.8 Å². The third-order valence-corrected chi connectivity index (χ3v) is 5.17. The van der Waals surface area contributed by atoms with Gasteiger partial charge in [0.15, 0.2) is 0 Å². The van der Waals surface area contributed by atoms with Gasteiger partial charge in [-0.25, -0.2) is 11.1 Å². The zero-order valence-corrected chi connectivity index (χ0v) is 21.2. The number of rotatable bonds is 4. The molecule has 0 fully saturated rings. The normalized spacial score (nSPS) is 21.4. The minimum absolute atomic E-state index is 0. The van der Waals surface area contributed by atoms with E-state index < -0.39 is 0 Å². The fraction of sp³-hybridized carbons (Fsp3) is 0.636. The number of hydrogen-bond acceptors (Lipinski definition) is 0. The van der Waals surface area contributed by atoms with Crippen molar-refractivity contribution in [2.45, 2.75) is 81.1 Å². The molecule has 0 saturated heterocycles. The Balaban J connectivity index is -0.000000346. The Morgan fingerprint density at radius 1 is 0.680 bits per heavy atom. The average Bonchev–Trinajstić information content (AvgIpc) is 2.86. The molecule has 2 aliphatic carbocycles. The van der Waals surface area contributed by atoms with Crippen molar-refractivity contribution in [2.75, 3.05) is 0 Å². The van der Waals surface area contributed by atoms with Crippen LogP contribution in [0.25, 0.3) is 0 Å². The Morgan fingerprint density at radius 2 is 0.960 bits per heavy atom. The van der Waals surface area contributed by atoms with Crippen molar-refractivity contribution in [3.05, 3.63) is 45.6 Å². The van der Waals surface area contributed by atoms with Crippen LogP contribution in [0.4, 0.5) is 0 Å². The summed E-state index contributed by atoms with van der Waals surface area (Å²) in [5, 5.41) is 0. The third-order valence-electron chi connectivity index (χ3n) is 5.17. The van der Waals surface area contributed by atoms with Gasteiger partial charge in [0.05, 0.1) is 0 Å². The molecule has 2 rings (SSSR count). The van der Waals surface area contributed by atoms with Gasteiger partial charge >= 0.3 is 26.2 Å². The van der Waals surface area contributed by atoms with Crippen LogP contribution >= 0.6 is 0 Å². The molecule has 0 aromatic rings. The van der Waals surface area contributed by atoms with Gasteiger partial charge in [-0.15, -0.1) is 13.8 Å². The van der Waals surface area contributed by atoms with E-state index in [-0.39, 0.29) is 51.0 Å². The molecular weight excluding hydrogens is 426 g/mol. The Hall–Kier alpha value is 0.423. The number of allylic oxidation sites excluding steroid dienone is 8. The molecule has 0 spiro atoms. The predicted octanol–water partition coefficient (Wildman–Crippen LogP) is 1.01. The molecule has 2 atom stereocenters.